The van der Waals surface area contributed by atoms with Gasteiger partial charge in [-0.15, -0.1) is 0 Å². The lowest BCUT2D eigenvalue weighted by atomic mass is 10.0. The fourth-order valence-corrected chi connectivity index (χ4v) is 4.34. The third-order valence-electron chi connectivity index (χ3n) is 4.01. The van der Waals surface area contributed by atoms with Crippen LogP contribution in [-0.2, 0) is 9.84 Å². The fraction of sp³-hybridized carbons (Fsp3) is 0.923. The summed E-state index contributed by atoms with van der Waals surface area (Å²) < 4.78 is 23.4. The summed E-state index contributed by atoms with van der Waals surface area (Å²) in [7, 11) is -2.99. The topological polar surface area (TPSA) is 66.5 Å². The van der Waals surface area contributed by atoms with Crippen LogP contribution in [0.25, 0.3) is 0 Å². The van der Waals surface area contributed by atoms with Crippen LogP contribution in [0.5, 0.6) is 0 Å². The first-order valence-corrected chi connectivity index (χ1v) is 8.83. The highest BCUT2D eigenvalue weighted by atomic mass is 32.2. The van der Waals surface area contributed by atoms with E-state index in [9.17, 15) is 13.2 Å². The van der Waals surface area contributed by atoms with E-state index in [0.717, 1.165) is 12.8 Å². The molecule has 0 spiro atoms. The van der Waals surface area contributed by atoms with E-state index >= 15 is 0 Å². The van der Waals surface area contributed by atoms with Gasteiger partial charge in [-0.05, 0) is 46.5 Å². The zero-order valence-corrected chi connectivity index (χ0v) is 13.0. The molecule has 2 heterocycles. The molecule has 2 aliphatic heterocycles. The van der Waals surface area contributed by atoms with Gasteiger partial charge in [-0.1, -0.05) is 0 Å². The van der Waals surface area contributed by atoms with Gasteiger partial charge in [0.25, 0.3) is 0 Å². The smallest absolute Gasteiger partial charge is 0.318 e. The molecule has 1 N–H and O–H groups in total. The van der Waals surface area contributed by atoms with E-state index in [1.807, 2.05) is 25.7 Å². The molecule has 2 atom stereocenters. The van der Waals surface area contributed by atoms with Crippen molar-refractivity contribution in [2.45, 2.75) is 69.3 Å². The third kappa shape index (κ3) is 3.22. The van der Waals surface area contributed by atoms with Gasteiger partial charge in [0.15, 0.2) is 0 Å². The normalized spacial score (nSPS) is 31.4. The first kappa shape index (κ1) is 14.6. The summed E-state index contributed by atoms with van der Waals surface area (Å²) in [5.74, 6) is 0. The van der Waals surface area contributed by atoms with Gasteiger partial charge in [0.1, 0.15) is 9.84 Å². The zero-order chi connectivity index (χ0) is 14.4. The Kier molecular flexibility index (Phi) is 3.58. The first-order chi connectivity index (χ1) is 8.58. The van der Waals surface area contributed by atoms with Gasteiger partial charge in [-0.2, -0.15) is 0 Å². The molecule has 2 fully saturated rings. The van der Waals surface area contributed by atoms with Crippen molar-refractivity contribution in [1.82, 2.24) is 10.2 Å². The molecule has 0 radical (unpaired) electrons. The molecule has 6 heteroatoms. The third-order valence-corrected chi connectivity index (χ3v) is 5.61. The predicted octanol–water partition coefficient (Wildman–Crippen LogP) is 1.53. The Morgan fingerprint density at radius 3 is 2.00 bits per heavy atom. The number of carbonyl (C=O) groups is 1. The second-order valence-electron chi connectivity index (χ2n) is 6.90. The van der Waals surface area contributed by atoms with Gasteiger partial charge < -0.3 is 10.2 Å². The molecule has 5 nitrogen and oxygen atoms in total. The first-order valence-electron chi connectivity index (χ1n) is 6.87. The van der Waals surface area contributed by atoms with Crippen molar-refractivity contribution in [1.29, 1.82) is 0 Å². The Morgan fingerprint density at radius 1 is 1.16 bits per heavy atom. The molecule has 2 unspecified atom stereocenters. The van der Waals surface area contributed by atoms with Crippen molar-refractivity contribution in [3.63, 3.8) is 0 Å². The minimum atomic E-state index is -2.99. The second kappa shape index (κ2) is 4.65. The average molecular weight is 288 g/mol. The Morgan fingerprint density at radius 2 is 1.63 bits per heavy atom. The minimum absolute atomic E-state index is 0.0491. The SMILES string of the molecule is CC(C)(C)NC(=O)N1C2CCC1CC(S(C)(=O)=O)C2. The molecule has 0 saturated carbocycles. The van der Waals surface area contributed by atoms with Crippen molar-refractivity contribution in [2.75, 3.05) is 6.26 Å². The maximum absolute atomic E-state index is 12.3. The Labute approximate surface area is 115 Å². The van der Waals surface area contributed by atoms with Crippen LogP contribution in [0.1, 0.15) is 46.5 Å². The number of nitrogens with one attached hydrogen (secondary N) is 1. The molecular formula is C13H24N2O3S. The fourth-order valence-electron chi connectivity index (χ4n) is 3.19. The molecule has 0 aliphatic carbocycles. The van der Waals surface area contributed by atoms with Crippen molar-refractivity contribution in [2.24, 2.45) is 0 Å². The largest absolute Gasteiger partial charge is 0.333 e. The van der Waals surface area contributed by atoms with E-state index in [1.54, 1.807) is 0 Å². The van der Waals surface area contributed by atoms with Crippen LogP contribution >= 0.6 is 0 Å². The summed E-state index contributed by atoms with van der Waals surface area (Å²) >= 11 is 0. The van der Waals surface area contributed by atoms with Gasteiger partial charge in [-0.3, -0.25) is 0 Å². The van der Waals surface area contributed by atoms with Crippen molar-refractivity contribution in [3.05, 3.63) is 0 Å². The number of hydrogen-bond donors (Lipinski definition) is 1. The highest BCUT2D eigenvalue weighted by Gasteiger charge is 2.46. The van der Waals surface area contributed by atoms with Crippen molar-refractivity contribution < 1.29 is 13.2 Å². The van der Waals surface area contributed by atoms with E-state index in [-0.39, 0.29) is 28.9 Å². The van der Waals surface area contributed by atoms with Crippen LogP contribution in [0.2, 0.25) is 0 Å². The minimum Gasteiger partial charge on any atom is -0.333 e. The average Bonchev–Trinajstić information content (AvgIpc) is 2.45. The van der Waals surface area contributed by atoms with Crippen LogP contribution < -0.4 is 5.32 Å². The highest BCUT2D eigenvalue weighted by molar-refractivity contribution is 7.91. The maximum Gasteiger partial charge on any atom is 0.318 e. The van der Waals surface area contributed by atoms with Gasteiger partial charge in [-0.25, -0.2) is 13.2 Å². The maximum atomic E-state index is 12.3. The van der Waals surface area contributed by atoms with Crippen LogP contribution in [0, 0.1) is 0 Å². The number of carbonyl (C=O) groups excluding carboxylic acids is 1. The lowest BCUT2D eigenvalue weighted by molar-refractivity contribution is 0.141. The van der Waals surface area contributed by atoms with E-state index in [4.69, 9.17) is 0 Å². The number of nitrogens with zero attached hydrogens (tertiary/aromatic N) is 1. The molecule has 2 saturated heterocycles. The summed E-state index contributed by atoms with van der Waals surface area (Å²) in [6.07, 6.45) is 4.34. The van der Waals surface area contributed by atoms with Gasteiger partial charge in [0, 0.05) is 23.9 Å². The Bertz CT molecular complexity index is 453. The molecule has 0 aromatic carbocycles. The Balaban J connectivity index is 2.10. The van der Waals surface area contributed by atoms with Gasteiger partial charge in [0.2, 0.25) is 0 Å². The molecule has 0 aromatic heterocycles. The Hall–Kier alpha value is -0.780. The summed E-state index contributed by atoms with van der Waals surface area (Å²) in [4.78, 5) is 14.2. The lowest BCUT2D eigenvalue weighted by Crippen LogP contribution is -2.56. The van der Waals surface area contributed by atoms with E-state index in [0.29, 0.717) is 12.8 Å². The summed E-state index contributed by atoms with van der Waals surface area (Å²) in [5, 5.41) is 2.71. The quantitative estimate of drug-likeness (QED) is 0.796. The molecule has 2 amide bonds. The van der Waals surface area contributed by atoms with Crippen LogP contribution in [-0.4, -0.2) is 48.5 Å². The summed E-state index contributed by atoms with van der Waals surface area (Å²) in [5.41, 5.74) is -0.260. The van der Waals surface area contributed by atoms with E-state index in [2.05, 4.69) is 5.32 Å². The van der Waals surface area contributed by atoms with E-state index < -0.39 is 9.84 Å². The standard InChI is InChI=1S/C13H24N2O3S/c1-13(2,3)14-12(16)15-9-5-6-10(15)8-11(7-9)19(4,17)18/h9-11H,5-8H2,1-4H3,(H,14,16). The number of fused-ring (bicyclic) bond motifs is 2. The molecule has 0 aromatic rings. The molecule has 110 valence electrons. The number of sulfone groups is 1. The van der Waals surface area contributed by atoms with Gasteiger partial charge >= 0.3 is 6.03 Å². The zero-order valence-electron chi connectivity index (χ0n) is 12.1. The number of hydrogen-bond acceptors (Lipinski definition) is 3. The summed E-state index contributed by atoms with van der Waals surface area (Å²) in [6.45, 7) is 5.86. The van der Waals surface area contributed by atoms with Gasteiger partial charge in [0.05, 0.1) is 5.25 Å². The monoisotopic (exact) mass is 288 g/mol. The second-order valence-corrected chi connectivity index (χ2v) is 9.22. The predicted molar refractivity (Wildman–Crippen MR) is 74.8 cm³/mol. The molecule has 2 aliphatic rings. The van der Waals surface area contributed by atoms with Crippen LogP contribution in [0.15, 0.2) is 0 Å². The number of amides is 2. The van der Waals surface area contributed by atoms with Crippen molar-refractivity contribution in [3.8, 4) is 0 Å². The van der Waals surface area contributed by atoms with Crippen LogP contribution in [0.4, 0.5) is 4.79 Å². The lowest BCUT2D eigenvalue weighted by Gasteiger charge is -2.39. The summed E-state index contributed by atoms with van der Waals surface area (Å²) in [6, 6.07) is 0.119. The van der Waals surface area contributed by atoms with Crippen molar-refractivity contribution >= 4 is 15.9 Å². The molecular weight excluding hydrogens is 264 g/mol. The number of urea groups is 1. The van der Waals surface area contributed by atoms with Crippen LogP contribution in [0.3, 0.4) is 0 Å². The molecule has 19 heavy (non-hydrogen) atoms. The number of piperidine rings is 1. The molecule has 2 rings (SSSR count). The molecule has 2 bridgehead atoms. The number of rotatable bonds is 1. The van der Waals surface area contributed by atoms with E-state index in [1.165, 1.54) is 6.26 Å². The highest BCUT2D eigenvalue weighted by Crippen LogP contribution is 2.38.